The molecular weight excluding hydrogens is 635 g/mol. The van der Waals surface area contributed by atoms with Crippen molar-refractivity contribution in [1.29, 1.82) is 0 Å². The van der Waals surface area contributed by atoms with E-state index in [0.717, 1.165) is 16.9 Å². The van der Waals surface area contributed by atoms with Crippen LogP contribution in [0.5, 0.6) is 5.75 Å². The average molecular weight is 658 g/mol. The van der Waals surface area contributed by atoms with Crippen molar-refractivity contribution in [2.45, 2.75) is 35.9 Å². The molecule has 0 aliphatic carbocycles. The number of fused-ring (bicyclic) bond motifs is 1. The number of hydroxylamine groups is 2. The molecule has 43 heavy (non-hydrogen) atoms. The van der Waals surface area contributed by atoms with Crippen molar-refractivity contribution >= 4 is 61.6 Å². The smallest absolute Gasteiger partial charge is 0.492 e. The molecule has 1 atom stereocenters. The summed E-state index contributed by atoms with van der Waals surface area (Å²) in [4.78, 5) is 27.9. The zero-order chi connectivity index (χ0) is 30.9. The summed E-state index contributed by atoms with van der Waals surface area (Å²) in [7, 11) is -2.52. The summed E-state index contributed by atoms with van der Waals surface area (Å²) < 4.78 is 73.5. The number of anilines is 1. The highest BCUT2D eigenvalue weighted by atomic mass is 35.5. The Labute approximate surface area is 252 Å². The number of halogens is 4. The van der Waals surface area contributed by atoms with Gasteiger partial charge >= 0.3 is 12.1 Å². The Balaban J connectivity index is 1.31. The molecule has 2 aromatic carbocycles. The molecule has 2 aromatic heterocycles. The Morgan fingerprint density at radius 1 is 1.14 bits per heavy atom. The maximum Gasteiger partial charge on any atom is 0.492 e. The number of carbonyl (C=O) groups is 2. The van der Waals surface area contributed by atoms with Gasteiger partial charge in [0, 0.05) is 13.1 Å². The molecule has 4 aromatic rings. The van der Waals surface area contributed by atoms with E-state index in [0.29, 0.717) is 31.6 Å². The van der Waals surface area contributed by atoms with Crippen molar-refractivity contribution in [3.63, 3.8) is 0 Å². The van der Waals surface area contributed by atoms with E-state index < -0.39 is 34.1 Å². The Bertz CT molecular complexity index is 1790. The van der Waals surface area contributed by atoms with Crippen LogP contribution >= 0.6 is 22.9 Å². The number of alkyl halides is 3. The summed E-state index contributed by atoms with van der Waals surface area (Å²) in [6.07, 6.45) is -4.93. The van der Waals surface area contributed by atoms with Crippen molar-refractivity contribution in [2.24, 2.45) is 0 Å². The number of carbonyl (C=O) groups excluding carboxylic acids is 2. The van der Waals surface area contributed by atoms with Crippen molar-refractivity contribution in [3.8, 4) is 5.75 Å². The standard InChI is InChI=1S/C26H23ClF3N5O6S2/c1-40-19-7-3-6-17-22(19)23(33-43(38,39)21-9-8-20(27)42-21)32-34(17)14-16-5-2-4-15(12-16)13-31-24(36)18-10-11-35(18)41-25(37)26(28,29)30/h2-9,12,18H,10-11,13-14H2,1H3,(H,31,36)(H,32,33)/t18-/m0/s1. The molecule has 1 fully saturated rings. The summed E-state index contributed by atoms with van der Waals surface area (Å²) in [5, 5.41) is 8.34. The minimum atomic E-state index is -5.16. The van der Waals surface area contributed by atoms with E-state index in [1.54, 1.807) is 41.1 Å². The normalized spacial score (nSPS) is 15.6. The molecule has 0 bridgehead atoms. The van der Waals surface area contributed by atoms with Crippen molar-refractivity contribution in [1.82, 2.24) is 20.2 Å². The number of benzene rings is 2. The van der Waals surface area contributed by atoms with E-state index in [1.807, 2.05) is 6.07 Å². The zero-order valence-electron chi connectivity index (χ0n) is 22.2. The quantitative estimate of drug-likeness (QED) is 0.258. The number of hydrogen-bond donors (Lipinski definition) is 2. The number of thiophene rings is 1. The first-order chi connectivity index (χ1) is 20.4. The van der Waals surface area contributed by atoms with Gasteiger partial charge < -0.3 is 14.9 Å². The lowest BCUT2D eigenvalue weighted by molar-refractivity contribution is -0.261. The largest absolute Gasteiger partial charge is 0.496 e. The highest BCUT2D eigenvalue weighted by Gasteiger charge is 2.46. The fraction of sp³-hybridized carbons (Fsp3) is 0.269. The number of ether oxygens (including phenoxy) is 1. The highest BCUT2D eigenvalue weighted by molar-refractivity contribution is 7.94. The molecule has 11 nitrogen and oxygen atoms in total. The van der Waals surface area contributed by atoms with Gasteiger partial charge in [0.1, 0.15) is 16.0 Å². The van der Waals surface area contributed by atoms with E-state index >= 15 is 0 Å². The van der Waals surface area contributed by atoms with Gasteiger partial charge in [-0.15, -0.1) is 16.4 Å². The lowest BCUT2D eigenvalue weighted by atomic mass is 10.1. The van der Waals surface area contributed by atoms with Crippen LogP contribution in [-0.4, -0.2) is 61.0 Å². The van der Waals surface area contributed by atoms with Crippen molar-refractivity contribution < 1.29 is 40.8 Å². The van der Waals surface area contributed by atoms with Gasteiger partial charge in [-0.1, -0.05) is 41.9 Å². The predicted octanol–water partition coefficient (Wildman–Crippen LogP) is 4.32. The number of rotatable bonds is 10. The van der Waals surface area contributed by atoms with Gasteiger partial charge in [0.05, 0.1) is 28.9 Å². The molecule has 228 valence electrons. The topological polar surface area (TPSA) is 132 Å². The van der Waals surface area contributed by atoms with Crippen LogP contribution in [0.25, 0.3) is 10.9 Å². The van der Waals surface area contributed by atoms with Crippen LogP contribution in [0.2, 0.25) is 4.34 Å². The molecule has 1 amide bonds. The van der Waals surface area contributed by atoms with Gasteiger partial charge in [0.15, 0.2) is 5.82 Å². The fourth-order valence-electron chi connectivity index (χ4n) is 4.39. The maximum atomic E-state index is 13.0. The zero-order valence-corrected chi connectivity index (χ0v) is 24.6. The Morgan fingerprint density at radius 2 is 1.88 bits per heavy atom. The third kappa shape index (κ3) is 6.71. The van der Waals surface area contributed by atoms with Gasteiger partial charge in [0.25, 0.3) is 10.0 Å². The molecular formula is C26H23ClF3N5O6S2. The molecule has 0 saturated carbocycles. The monoisotopic (exact) mass is 657 g/mol. The molecule has 0 spiro atoms. The summed E-state index contributed by atoms with van der Waals surface area (Å²) in [5.74, 6) is -2.49. The number of nitrogens with zero attached hydrogens (tertiary/aromatic N) is 3. The van der Waals surface area contributed by atoms with Crippen LogP contribution in [0.3, 0.4) is 0 Å². The van der Waals surface area contributed by atoms with Crippen LogP contribution in [0.1, 0.15) is 17.5 Å². The molecule has 0 unspecified atom stereocenters. The van der Waals surface area contributed by atoms with Crippen LogP contribution in [-0.2, 0) is 37.5 Å². The van der Waals surface area contributed by atoms with E-state index in [1.165, 1.54) is 19.2 Å². The Hall–Kier alpha value is -3.86. The number of hydrogen-bond acceptors (Lipinski definition) is 9. The van der Waals surface area contributed by atoms with Crippen LogP contribution in [0.4, 0.5) is 19.0 Å². The number of methoxy groups -OCH3 is 1. The SMILES string of the molecule is COc1cccc2c1c(NS(=O)(=O)c1ccc(Cl)s1)nn2Cc1cccc(CNC(=O)[C@@H]2CCN2OC(=O)C(F)(F)F)c1. The molecule has 0 radical (unpaired) electrons. The van der Waals surface area contributed by atoms with Crippen molar-refractivity contribution in [2.75, 3.05) is 18.4 Å². The Morgan fingerprint density at radius 3 is 2.53 bits per heavy atom. The first kappa shape index (κ1) is 30.6. The summed E-state index contributed by atoms with van der Waals surface area (Å²) in [6, 6.07) is 14.2. The number of nitrogens with one attached hydrogen (secondary N) is 2. The van der Waals surface area contributed by atoms with E-state index in [4.69, 9.17) is 16.3 Å². The highest BCUT2D eigenvalue weighted by Crippen LogP contribution is 2.35. The third-order valence-corrected chi connectivity index (χ3v) is 9.56. The molecule has 17 heteroatoms. The number of sulfonamides is 1. The summed E-state index contributed by atoms with van der Waals surface area (Å²) in [6.45, 7) is 0.297. The summed E-state index contributed by atoms with van der Waals surface area (Å²) >= 11 is 6.84. The van der Waals surface area contributed by atoms with E-state index in [-0.39, 0.29) is 36.1 Å². The van der Waals surface area contributed by atoms with Gasteiger partial charge in [-0.05, 0) is 41.8 Å². The second kappa shape index (κ2) is 12.0. The van der Waals surface area contributed by atoms with Gasteiger partial charge in [-0.2, -0.15) is 18.3 Å². The van der Waals surface area contributed by atoms with Crippen molar-refractivity contribution in [3.05, 3.63) is 70.1 Å². The molecule has 2 N–H and O–H groups in total. The number of amides is 1. The van der Waals surface area contributed by atoms with Gasteiger partial charge in [-0.3, -0.25) is 14.2 Å². The van der Waals surface area contributed by atoms with Gasteiger partial charge in [-0.25, -0.2) is 13.2 Å². The fourth-order valence-corrected chi connectivity index (χ4v) is 6.88. The molecule has 5 rings (SSSR count). The third-order valence-electron chi connectivity index (χ3n) is 6.50. The second-order valence-corrected chi connectivity index (χ2v) is 13.0. The van der Waals surface area contributed by atoms with Crippen LogP contribution in [0.15, 0.2) is 58.8 Å². The molecule has 3 heterocycles. The molecule has 1 aliphatic heterocycles. The lowest BCUT2D eigenvalue weighted by Crippen LogP contribution is -2.57. The molecule has 1 saturated heterocycles. The molecule has 1 aliphatic rings. The second-order valence-electron chi connectivity index (χ2n) is 9.38. The van der Waals surface area contributed by atoms with Crippen LogP contribution in [0, 0.1) is 0 Å². The van der Waals surface area contributed by atoms with Crippen LogP contribution < -0.4 is 14.8 Å². The minimum absolute atomic E-state index is 0.0111. The Kier molecular flexibility index (Phi) is 8.56. The van der Waals surface area contributed by atoms with E-state index in [9.17, 15) is 31.2 Å². The first-order valence-electron chi connectivity index (χ1n) is 12.6. The first-order valence-corrected chi connectivity index (χ1v) is 15.3. The summed E-state index contributed by atoms with van der Waals surface area (Å²) in [5.41, 5.74) is 2.05. The number of aromatic nitrogens is 2. The predicted molar refractivity (Wildman–Crippen MR) is 151 cm³/mol. The minimum Gasteiger partial charge on any atom is -0.496 e. The van der Waals surface area contributed by atoms with E-state index in [2.05, 4.69) is 20.0 Å². The maximum absolute atomic E-state index is 13.0. The van der Waals surface area contributed by atoms with Gasteiger partial charge in [0.2, 0.25) is 5.91 Å². The lowest BCUT2D eigenvalue weighted by Gasteiger charge is -2.37. The average Bonchev–Trinajstić information content (AvgIpc) is 3.53.